The molecule has 0 radical (unpaired) electrons. The van der Waals surface area contributed by atoms with Gasteiger partial charge in [0.1, 0.15) is 5.00 Å². The van der Waals surface area contributed by atoms with Crippen LogP contribution in [-0.2, 0) is 9.53 Å². The SMILES string of the molecule is CCOC(=O)c1c(C)csc1NC=C1C(=O)Nc2ccccc21. The first-order chi connectivity index (χ1) is 11.1. The number of ether oxygens (including phenoxy) is 1. The molecule has 1 aliphatic rings. The first kappa shape index (κ1) is 15.3. The second-order valence-electron chi connectivity index (χ2n) is 5.05. The Bertz CT molecular complexity index is 808. The van der Waals surface area contributed by atoms with Gasteiger partial charge in [-0.25, -0.2) is 4.79 Å². The van der Waals surface area contributed by atoms with Crippen LogP contribution in [0.2, 0.25) is 0 Å². The first-order valence-electron chi connectivity index (χ1n) is 7.24. The predicted octanol–water partition coefficient (Wildman–Crippen LogP) is 3.64. The fraction of sp³-hybridized carbons (Fsp3) is 0.176. The number of fused-ring (bicyclic) bond motifs is 1. The third-order valence-electron chi connectivity index (χ3n) is 3.51. The minimum atomic E-state index is -0.358. The molecule has 23 heavy (non-hydrogen) atoms. The average molecular weight is 328 g/mol. The third-order valence-corrected chi connectivity index (χ3v) is 4.54. The van der Waals surface area contributed by atoms with Crippen LogP contribution >= 0.6 is 11.3 Å². The van der Waals surface area contributed by atoms with Gasteiger partial charge in [-0.15, -0.1) is 11.3 Å². The van der Waals surface area contributed by atoms with Gasteiger partial charge in [-0.2, -0.15) is 0 Å². The number of carbonyl (C=O) groups excluding carboxylic acids is 2. The van der Waals surface area contributed by atoms with Gasteiger partial charge in [0.05, 0.1) is 17.7 Å². The van der Waals surface area contributed by atoms with E-state index in [0.717, 1.165) is 16.8 Å². The Balaban J connectivity index is 1.89. The molecule has 2 aromatic rings. The Morgan fingerprint density at radius 1 is 1.39 bits per heavy atom. The van der Waals surface area contributed by atoms with Crippen molar-refractivity contribution in [1.29, 1.82) is 0 Å². The van der Waals surface area contributed by atoms with Crippen molar-refractivity contribution < 1.29 is 14.3 Å². The van der Waals surface area contributed by atoms with E-state index in [9.17, 15) is 9.59 Å². The molecule has 0 fully saturated rings. The molecule has 0 atom stereocenters. The van der Waals surface area contributed by atoms with Crippen LogP contribution in [0, 0.1) is 6.92 Å². The van der Waals surface area contributed by atoms with Crippen LogP contribution in [0.15, 0.2) is 35.8 Å². The van der Waals surface area contributed by atoms with E-state index in [1.54, 1.807) is 13.1 Å². The molecule has 1 amide bonds. The van der Waals surface area contributed by atoms with E-state index in [-0.39, 0.29) is 11.9 Å². The summed E-state index contributed by atoms with van der Waals surface area (Å²) in [5, 5.41) is 8.45. The number of amides is 1. The van der Waals surface area contributed by atoms with Crippen molar-refractivity contribution in [2.45, 2.75) is 13.8 Å². The Morgan fingerprint density at radius 2 is 2.17 bits per heavy atom. The highest BCUT2D eigenvalue weighted by Crippen LogP contribution is 2.33. The van der Waals surface area contributed by atoms with Crippen molar-refractivity contribution in [2.75, 3.05) is 17.2 Å². The molecule has 0 bridgehead atoms. The summed E-state index contributed by atoms with van der Waals surface area (Å²) < 4.78 is 5.08. The number of anilines is 2. The van der Waals surface area contributed by atoms with Gasteiger partial charge in [0.15, 0.2) is 0 Å². The van der Waals surface area contributed by atoms with Crippen LogP contribution in [0.1, 0.15) is 28.4 Å². The molecule has 0 saturated heterocycles. The Hall–Kier alpha value is -2.60. The van der Waals surface area contributed by atoms with Crippen LogP contribution < -0.4 is 10.6 Å². The van der Waals surface area contributed by atoms with Crippen molar-refractivity contribution in [3.63, 3.8) is 0 Å². The molecule has 2 N–H and O–H groups in total. The monoisotopic (exact) mass is 328 g/mol. The zero-order chi connectivity index (χ0) is 16.4. The molecule has 6 heteroatoms. The van der Waals surface area contributed by atoms with Gasteiger partial charge in [0, 0.05) is 17.5 Å². The molecule has 5 nitrogen and oxygen atoms in total. The Morgan fingerprint density at radius 3 is 2.96 bits per heavy atom. The molecule has 118 valence electrons. The zero-order valence-corrected chi connectivity index (χ0v) is 13.6. The highest BCUT2D eigenvalue weighted by molar-refractivity contribution is 7.14. The maximum atomic E-state index is 12.1. The van der Waals surface area contributed by atoms with Crippen molar-refractivity contribution in [3.8, 4) is 0 Å². The minimum absolute atomic E-state index is 0.162. The number of para-hydroxylation sites is 1. The highest BCUT2D eigenvalue weighted by atomic mass is 32.1. The number of rotatable bonds is 4. The van der Waals surface area contributed by atoms with Crippen molar-refractivity contribution in [1.82, 2.24) is 0 Å². The standard InChI is InChI=1S/C17H16N2O3S/c1-3-22-17(21)14-10(2)9-23-16(14)18-8-12-11-6-4-5-7-13(11)19-15(12)20/h4-9,18H,3H2,1-2H3,(H,19,20). The van der Waals surface area contributed by atoms with Crippen LogP contribution in [0.4, 0.5) is 10.7 Å². The fourth-order valence-electron chi connectivity index (χ4n) is 2.43. The number of carbonyl (C=O) groups is 2. The molecule has 1 aromatic carbocycles. The Labute approximate surface area is 138 Å². The second kappa shape index (κ2) is 6.26. The van der Waals surface area contributed by atoms with Gasteiger partial charge in [-0.1, -0.05) is 18.2 Å². The van der Waals surface area contributed by atoms with Gasteiger partial charge >= 0.3 is 5.97 Å². The Kier molecular flexibility index (Phi) is 4.16. The fourth-order valence-corrected chi connectivity index (χ4v) is 3.33. The van der Waals surface area contributed by atoms with E-state index < -0.39 is 0 Å². The van der Waals surface area contributed by atoms with Gasteiger partial charge in [0.2, 0.25) is 0 Å². The van der Waals surface area contributed by atoms with E-state index in [1.807, 2.05) is 36.6 Å². The largest absolute Gasteiger partial charge is 0.462 e. The number of hydrogen-bond donors (Lipinski definition) is 2. The summed E-state index contributed by atoms with van der Waals surface area (Å²) in [6, 6.07) is 7.49. The number of thiophene rings is 1. The third kappa shape index (κ3) is 2.85. The molecule has 2 heterocycles. The molecule has 0 saturated carbocycles. The van der Waals surface area contributed by atoms with Crippen molar-refractivity contribution in [3.05, 3.63) is 52.5 Å². The van der Waals surface area contributed by atoms with Gasteiger partial charge in [-0.05, 0) is 30.9 Å². The van der Waals surface area contributed by atoms with Crippen LogP contribution in [0.3, 0.4) is 0 Å². The normalized spacial score (nSPS) is 14.5. The summed E-state index contributed by atoms with van der Waals surface area (Å²) in [6.45, 7) is 3.96. The van der Waals surface area contributed by atoms with E-state index in [4.69, 9.17) is 4.74 Å². The molecular formula is C17H16N2O3S. The number of esters is 1. The first-order valence-corrected chi connectivity index (χ1v) is 8.12. The van der Waals surface area contributed by atoms with E-state index >= 15 is 0 Å². The summed E-state index contributed by atoms with van der Waals surface area (Å²) >= 11 is 1.41. The number of nitrogens with one attached hydrogen (secondary N) is 2. The average Bonchev–Trinajstić information content (AvgIpc) is 3.05. The quantitative estimate of drug-likeness (QED) is 0.664. The van der Waals surface area contributed by atoms with E-state index in [0.29, 0.717) is 22.7 Å². The van der Waals surface area contributed by atoms with E-state index in [2.05, 4.69) is 10.6 Å². The topological polar surface area (TPSA) is 67.4 Å². The summed E-state index contributed by atoms with van der Waals surface area (Å²) in [7, 11) is 0. The maximum Gasteiger partial charge on any atom is 0.341 e. The molecule has 3 rings (SSSR count). The molecule has 0 unspecified atom stereocenters. The summed E-state index contributed by atoms with van der Waals surface area (Å²) in [5.74, 6) is -0.520. The minimum Gasteiger partial charge on any atom is -0.462 e. The number of aryl methyl sites for hydroxylation is 1. The number of hydrogen-bond acceptors (Lipinski definition) is 5. The lowest BCUT2D eigenvalue weighted by atomic mass is 10.1. The van der Waals surface area contributed by atoms with Crippen molar-refractivity contribution >= 4 is 39.5 Å². The van der Waals surface area contributed by atoms with Gasteiger partial charge in [-0.3, -0.25) is 4.79 Å². The van der Waals surface area contributed by atoms with Crippen LogP contribution in [0.25, 0.3) is 5.57 Å². The molecule has 0 spiro atoms. The molecule has 1 aromatic heterocycles. The summed E-state index contributed by atoms with van der Waals surface area (Å²) in [5.41, 5.74) is 3.54. The summed E-state index contributed by atoms with van der Waals surface area (Å²) in [6.07, 6.45) is 1.63. The lowest BCUT2D eigenvalue weighted by Gasteiger charge is -2.05. The maximum absolute atomic E-state index is 12.1. The van der Waals surface area contributed by atoms with Crippen molar-refractivity contribution in [2.24, 2.45) is 0 Å². The van der Waals surface area contributed by atoms with Crippen LogP contribution in [-0.4, -0.2) is 18.5 Å². The van der Waals surface area contributed by atoms with Gasteiger partial charge < -0.3 is 15.4 Å². The zero-order valence-electron chi connectivity index (χ0n) is 12.8. The molecular weight excluding hydrogens is 312 g/mol. The second-order valence-corrected chi connectivity index (χ2v) is 5.93. The predicted molar refractivity (Wildman–Crippen MR) is 91.7 cm³/mol. The van der Waals surface area contributed by atoms with Gasteiger partial charge in [0.25, 0.3) is 5.91 Å². The summed E-state index contributed by atoms with van der Waals surface area (Å²) in [4.78, 5) is 24.1. The highest BCUT2D eigenvalue weighted by Gasteiger charge is 2.24. The lowest BCUT2D eigenvalue weighted by Crippen LogP contribution is -2.08. The molecule has 1 aliphatic heterocycles. The smallest absolute Gasteiger partial charge is 0.341 e. The number of benzene rings is 1. The van der Waals surface area contributed by atoms with Crippen LogP contribution in [0.5, 0.6) is 0 Å². The molecule has 0 aliphatic carbocycles. The van der Waals surface area contributed by atoms with E-state index in [1.165, 1.54) is 11.3 Å². The lowest BCUT2D eigenvalue weighted by molar-refractivity contribution is -0.110.